The minimum atomic E-state index is 0.119. The first-order valence-electron chi connectivity index (χ1n) is 11.8. The molecule has 170 valence electrons. The fourth-order valence-corrected chi connectivity index (χ4v) is 5.17. The molecular formula is C24H34N8. The van der Waals surface area contributed by atoms with E-state index in [1.165, 1.54) is 32.1 Å². The number of rotatable bonds is 4. The van der Waals surface area contributed by atoms with Crippen LogP contribution >= 0.6 is 0 Å². The monoisotopic (exact) mass is 434 g/mol. The van der Waals surface area contributed by atoms with Crippen molar-refractivity contribution in [3.63, 3.8) is 0 Å². The molecule has 8 heteroatoms. The smallest absolute Gasteiger partial charge is 0.230 e. The normalized spacial score (nSPS) is 21.5. The summed E-state index contributed by atoms with van der Waals surface area (Å²) in [6.45, 7) is 10.1. The van der Waals surface area contributed by atoms with Gasteiger partial charge >= 0.3 is 0 Å². The zero-order chi connectivity index (χ0) is 22.0. The van der Waals surface area contributed by atoms with Crippen LogP contribution in [0.2, 0.25) is 0 Å². The van der Waals surface area contributed by atoms with Gasteiger partial charge in [0.2, 0.25) is 5.95 Å². The minimum Gasteiger partial charge on any atom is -0.385 e. The topological polar surface area (TPSA) is 72.5 Å². The molecule has 1 saturated carbocycles. The maximum absolute atomic E-state index is 4.88. The molecule has 2 aromatic heterocycles. The Kier molecular flexibility index (Phi) is 5.87. The molecule has 0 bridgehead atoms. The Balaban J connectivity index is 1.31. The summed E-state index contributed by atoms with van der Waals surface area (Å²) in [6, 6.07) is 6.16. The van der Waals surface area contributed by atoms with Gasteiger partial charge in [0.05, 0.1) is 24.0 Å². The molecule has 1 aliphatic carbocycles. The van der Waals surface area contributed by atoms with E-state index in [1.807, 2.05) is 24.5 Å². The Morgan fingerprint density at radius 1 is 1.03 bits per heavy atom. The highest BCUT2D eigenvalue weighted by Crippen LogP contribution is 2.38. The van der Waals surface area contributed by atoms with Crippen molar-refractivity contribution < 1.29 is 0 Å². The number of nitrogens with zero attached hydrogens (tertiary/aromatic N) is 6. The van der Waals surface area contributed by atoms with Gasteiger partial charge in [-0.25, -0.2) is 9.97 Å². The lowest BCUT2D eigenvalue weighted by atomic mass is 9.79. The second kappa shape index (κ2) is 8.94. The molecule has 8 nitrogen and oxygen atoms in total. The van der Waals surface area contributed by atoms with Gasteiger partial charge in [-0.15, -0.1) is 0 Å². The lowest BCUT2D eigenvalue weighted by Crippen LogP contribution is -2.61. The summed E-state index contributed by atoms with van der Waals surface area (Å²) in [4.78, 5) is 21.1. The average Bonchev–Trinajstić information content (AvgIpc) is 2.83. The van der Waals surface area contributed by atoms with E-state index in [2.05, 4.69) is 55.0 Å². The third-order valence-electron chi connectivity index (χ3n) is 7.15. The number of pyridine rings is 1. The van der Waals surface area contributed by atoms with Crippen molar-refractivity contribution >= 4 is 23.3 Å². The van der Waals surface area contributed by atoms with Gasteiger partial charge in [0.15, 0.2) is 0 Å². The van der Waals surface area contributed by atoms with Crippen LogP contribution in [0.1, 0.15) is 32.1 Å². The summed E-state index contributed by atoms with van der Waals surface area (Å²) in [7, 11) is 2.17. The van der Waals surface area contributed by atoms with E-state index in [1.54, 1.807) is 0 Å². The highest BCUT2D eigenvalue weighted by Gasteiger charge is 2.41. The van der Waals surface area contributed by atoms with Crippen LogP contribution in [0.25, 0.3) is 0 Å². The van der Waals surface area contributed by atoms with Crippen LogP contribution in [0.5, 0.6) is 0 Å². The first-order valence-corrected chi connectivity index (χ1v) is 11.8. The molecule has 0 unspecified atom stereocenters. The quantitative estimate of drug-likeness (QED) is 0.761. The number of anilines is 4. The van der Waals surface area contributed by atoms with E-state index in [0.717, 1.165) is 62.3 Å². The fourth-order valence-electron chi connectivity index (χ4n) is 5.17. The molecule has 2 aliphatic heterocycles. The molecule has 3 fully saturated rings. The third kappa shape index (κ3) is 4.37. The number of nitrogens with one attached hydrogen (secondary N) is 2. The Labute approximate surface area is 190 Å². The van der Waals surface area contributed by atoms with E-state index >= 15 is 0 Å². The molecule has 0 aromatic carbocycles. The summed E-state index contributed by atoms with van der Waals surface area (Å²) in [6.07, 6.45) is 10.0. The van der Waals surface area contributed by atoms with Crippen molar-refractivity contribution in [3.8, 4) is 0 Å². The second-order valence-corrected chi connectivity index (χ2v) is 9.38. The van der Waals surface area contributed by atoms with Gasteiger partial charge in [0, 0.05) is 44.6 Å². The molecule has 32 heavy (non-hydrogen) atoms. The van der Waals surface area contributed by atoms with Crippen LogP contribution in [0, 0.1) is 0 Å². The predicted molar refractivity (Wildman–Crippen MR) is 130 cm³/mol. The summed E-state index contributed by atoms with van der Waals surface area (Å²) in [5, 5.41) is 6.82. The van der Waals surface area contributed by atoms with Gasteiger partial charge in [-0.2, -0.15) is 4.98 Å². The molecule has 3 aliphatic rings. The molecule has 0 atom stereocenters. The van der Waals surface area contributed by atoms with Gasteiger partial charge < -0.3 is 25.3 Å². The molecule has 5 rings (SSSR count). The van der Waals surface area contributed by atoms with E-state index in [-0.39, 0.29) is 5.54 Å². The number of aromatic nitrogens is 3. The van der Waals surface area contributed by atoms with E-state index in [9.17, 15) is 0 Å². The largest absolute Gasteiger partial charge is 0.385 e. The van der Waals surface area contributed by atoms with Gasteiger partial charge in [-0.05, 0) is 38.1 Å². The van der Waals surface area contributed by atoms with Crippen molar-refractivity contribution in [2.24, 2.45) is 0 Å². The maximum Gasteiger partial charge on any atom is 0.230 e. The van der Waals surface area contributed by atoms with Crippen molar-refractivity contribution in [3.05, 3.63) is 42.9 Å². The summed E-state index contributed by atoms with van der Waals surface area (Å²) >= 11 is 0. The highest BCUT2D eigenvalue weighted by molar-refractivity contribution is 5.56. The molecule has 0 radical (unpaired) electrons. The van der Waals surface area contributed by atoms with E-state index < -0.39 is 0 Å². The van der Waals surface area contributed by atoms with E-state index in [0.29, 0.717) is 5.95 Å². The first-order chi connectivity index (χ1) is 15.6. The Morgan fingerprint density at radius 3 is 2.59 bits per heavy atom. The number of hydrogen-bond acceptors (Lipinski definition) is 8. The maximum atomic E-state index is 4.88. The number of piperazine rings is 2. The highest BCUT2D eigenvalue weighted by atomic mass is 15.3. The molecule has 2 aromatic rings. The number of hydrogen-bond donors (Lipinski definition) is 2. The number of likely N-dealkylation sites (N-methyl/N-ethyl adjacent to an activating group) is 1. The van der Waals surface area contributed by atoms with Gasteiger partial charge in [0.1, 0.15) is 11.6 Å². The van der Waals surface area contributed by atoms with Crippen LogP contribution in [0.15, 0.2) is 42.9 Å². The standard InChI is InChI=1S/C24H34N8/c1-19-17-32(24(18-27-19)9-4-3-5-10-24)22-8-11-25-23(29-22)28-21-7-6-20(16-26-21)31-14-12-30(2)13-15-31/h6-8,11,16,27H,1,3-5,9-10,12-15,17-18H2,2H3,(H,25,26,28,29). The van der Waals surface area contributed by atoms with Crippen molar-refractivity contribution in [1.82, 2.24) is 25.2 Å². The third-order valence-corrected chi connectivity index (χ3v) is 7.15. The molecular weight excluding hydrogens is 400 g/mol. The Hall–Kier alpha value is -2.87. The molecule has 0 amide bonds. The summed E-state index contributed by atoms with van der Waals surface area (Å²) in [5.74, 6) is 2.30. The molecule has 4 heterocycles. The van der Waals surface area contributed by atoms with Crippen molar-refractivity contribution in [2.75, 3.05) is 61.4 Å². The Bertz CT molecular complexity index is 929. The lowest BCUT2D eigenvalue weighted by Gasteiger charge is -2.51. The fraction of sp³-hybridized carbons (Fsp3) is 0.542. The van der Waals surface area contributed by atoms with Crippen LogP contribution < -0.4 is 20.4 Å². The second-order valence-electron chi connectivity index (χ2n) is 9.38. The summed E-state index contributed by atoms with van der Waals surface area (Å²) in [5.41, 5.74) is 2.33. The summed E-state index contributed by atoms with van der Waals surface area (Å²) < 4.78 is 0. The first kappa shape index (κ1) is 21.0. The molecule has 2 N–H and O–H groups in total. The van der Waals surface area contributed by atoms with Crippen LogP contribution in [0.3, 0.4) is 0 Å². The lowest BCUT2D eigenvalue weighted by molar-refractivity contribution is 0.253. The molecule has 2 saturated heterocycles. The van der Waals surface area contributed by atoms with E-state index in [4.69, 9.17) is 4.98 Å². The van der Waals surface area contributed by atoms with Crippen LogP contribution in [-0.4, -0.2) is 71.7 Å². The van der Waals surface area contributed by atoms with Crippen molar-refractivity contribution in [1.29, 1.82) is 0 Å². The van der Waals surface area contributed by atoms with Gasteiger partial charge in [0.25, 0.3) is 0 Å². The Morgan fingerprint density at radius 2 is 1.84 bits per heavy atom. The molecule has 1 spiro atoms. The zero-order valence-electron chi connectivity index (χ0n) is 19.1. The average molecular weight is 435 g/mol. The minimum absolute atomic E-state index is 0.119. The van der Waals surface area contributed by atoms with Crippen LogP contribution in [0.4, 0.5) is 23.3 Å². The van der Waals surface area contributed by atoms with Crippen molar-refractivity contribution in [2.45, 2.75) is 37.6 Å². The van der Waals surface area contributed by atoms with Crippen LogP contribution in [-0.2, 0) is 0 Å². The van der Waals surface area contributed by atoms with Gasteiger partial charge in [-0.3, -0.25) is 0 Å². The SMILES string of the molecule is C=C1CN(c2ccnc(Nc3ccc(N4CCN(C)CC4)cn3)n2)C2(CCCCC2)CN1. The zero-order valence-corrected chi connectivity index (χ0v) is 19.1. The van der Waals surface area contributed by atoms with Gasteiger partial charge in [-0.1, -0.05) is 25.8 Å². The predicted octanol–water partition coefficient (Wildman–Crippen LogP) is 2.99.